The average Bonchev–Trinajstić information content (AvgIpc) is 2.35. The second-order valence-electron chi connectivity index (χ2n) is 4.14. The van der Waals surface area contributed by atoms with Gasteiger partial charge in [0, 0.05) is 17.5 Å². The Morgan fingerprint density at radius 3 is 2.47 bits per heavy atom. The summed E-state index contributed by atoms with van der Waals surface area (Å²) in [4.78, 5) is 12.4. The molecule has 1 aromatic rings. The molecule has 0 aromatic heterocycles. The highest BCUT2D eigenvalue weighted by atomic mass is 35.5. The minimum Gasteiger partial charge on any atom is -0.329 e. The Morgan fingerprint density at radius 2 is 2.00 bits per heavy atom. The van der Waals surface area contributed by atoms with Crippen molar-refractivity contribution in [1.29, 1.82) is 0 Å². The molecule has 0 saturated heterocycles. The molecule has 0 saturated carbocycles. The Hall–Kier alpha value is -0.930. The molecule has 0 aliphatic carbocycles. The molecule has 17 heavy (non-hydrogen) atoms. The van der Waals surface area contributed by atoms with E-state index in [9.17, 15) is 9.18 Å². The van der Waals surface area contributed by atoms with Crippen LogP contribution in [0.25, 0.3) is 0 Å². The van der Waals surface area contributed by atoms with Crippen molar-refractivity contribution in [3.05, 3.63) is 34.6 Å². The zero-order chi connectivity index (χ0) is 13.1. The lowest BCUT2D eigenvalue weighted by atomic mass is 9.76. The van der Waals surface area contributed by atoms with Gasteiger partial charge in [-0.25, -0.2) is 4.39 Å². The molecule has 0 atom stereocenters. The third kappa shape index (κ3) is 2.67. The lowest BCUT2D eigenvalue weighted by Crippen LogP contribution is -2.37. The number of rotatable bonds is 5. The summed E-state index contributed by atoms with van der Waals surface area (Å²) in [7, 11) is 0. The van der Waals surface area contributed by atoms with Crippen molar-refractivity contribution >= 4 is 17.4 Å². The number of nitrogens with two attached hydrogens (primary N) is 1. The molecule has 0 amide bonds. The molecule has 1 rings (SSSR count). The summed E-state index contributed by atoms with van der Waals surface area (Å²) in [5, 5.41) is 0.274. The monoisotopic (exact) mass is 257 g/mol. The number of hydrogen-bond donors (Lipinski definition) is 1. The summed E-state index contributed by atoms with van der Waals surface area (Å²) >= 11 is 5.94. The first kappa shape index (κ1) is 14.1. The first-order chi connectivity index (χ1) is 8.00. The topological polar surface area (TPSA) is 43.1 Å². The van der Waals surface area contributed by atoms with Gasteiger partial charge in [-0.3, -0.25) is 4.79 Å². The third-order valence-electron chi connectivity index (χ3n) is 3.40. The van der Waals surface area contributed by atoms with Crippen LogP contribution in [0.5, 0.6) is 0 Å². The number of benzene rings is 1. The van der Waals surface area contributed by atoms with Crippen molar-refractivity contribution in [1.82, 2.24) is 0 Å². The molecular weight excluding hydrogens is 241 g/mol. The summed E-state index contributed by atoms with van der Waals surface area (Å²) in [5.74, 6) is -0.634. The first-order valence-electron chi connectivity index (χ1n) is 5.70. The Morgan fingerprint density at radius 1 is 1.41 bits per heavy atom. The zero-order valence-electron chi connectivity index (χ0n) is 10.1. The van der Waals surface area contributed by atoms with Gasteiger partial charge in [0.15, 0.2) is 5.78 Å². The van der Waals surface area contributed by atoms with Gasteiger partial charge in [-0.2, -0.15) is 0 Å². The van der Waals surface area contributed by atoms with Crippen LogP contribution in [0.3, 0.4) is 0 Å². The van der Waals surface area contributed by atoms with Gasteiger partial charge in [0.1, 0.15) is 5.82 Å². The Bertz CT molecular complexity index is 408. The number of halogens is 2. The molecular formula is C13H17ClFNO. The van der Waals surface area contributed by atoms with E-state index in [0.29, 0.717) is 12.8 Å². The van der Waals surface area contributed by atoms with Gasteiger partial charge in [0.25, 0.3) is 0 Å². The lowest BCUT2D eigenvalue weighted by molar-refractivity contribution is 0.0787. The van der Waals surface area contributed by atoms with Crippen LogP contribution in [0, 0.1) is 11.2 Å². The highest BCUT2D eigenvalue weighted by Crippen LogP contribution is 2.32. The van der Waals surface area contributed by atoms with Gasteiger partial charge in [-0.15, -0.1) is 0 Å². The minimum absolute atomic E-state index is 0.172. The predicted octanol–water partition coefficient (Wildman–Crippen LogP) is 3.43. The molecule has 0 fully saturated rings. The smallest absolute Gasteiger partial charge is 0.171 e. The van der Waals surface area contributed by atoms with E-state index in [0.717, 1.165) is 0 Å². The predicted molar refractivity (Wildman–Crippen MR) is 67.8 cm³/mol. The van der Waals surface area contributed by atoms with Crippen LogP contribution in [-0.2, 0) is 0 Å². The quantitative estimate of drug-likeness (QED) is 0.822. The van der Waals surface area contributed by atoms with E-state index >= 15 is 0 Å². The van der Waals surface area contributed by atoms with Crippen LogP contribution in [-0.4, -0.2) is 12.3 Å². The molecule has 0 unspecified atom stereocenters. The Balaban J connectivity index is 3.23. The van der Waals surface area contributed by atoms with Crippen molar-refractivity contribution in [3.63, 3.8) is 0 Å². The second kappa shape index (κ2) is 5.61. The molecule has 94 valence electrons. The highest BCUT2D eigenvalue weighted by Gasteiger charge is 2.35. The summed E-state index contributed by atoms with van der Waals surface area (Å²) in [6.07, 6.45) is 1.23. The van der Waals surface area contributed by atoms with Crippen LogP contribution in [0.4, 0.5) is 4.39 Å². The molecule has 0 radical (unpaired) electrons. The number of Topliss-reactive ketones (excluding diaryl/α,β-unsaturated/α-hetero) is 1. The van der Waals surface area contributed by atoms with Crippen LogP contribution >= 0.6 is 11.6 Å². The molecule has 2 nitrogen and oxygen atoms in total. The maximum absolute atomic E-state index is 13.2. The van der Waals surface area contributed by atoms with E-state index in [4.69, 9.17) is 17.3 Å². The largest absolute Gasteiger partial charge is 0.329 e. The fraction of sp³-hybridized carbons (Fsp3) is 0.462. The van der Waals surface area contributed by atoms with Gasteiger partial charge in [-0.05, 0) is 31.0 Å². The van der Waals surface area contributed by atoms with Gasteiger partial charge < -0.3 is 5.73 Å². The van der Waals surface area contributed by atoms with E-state index in [1.165, 1.54) is 18.2 Å². The fourth-order valence-corrected chi connectivity index (χ4v) is 2.11. The number of hydrogen-bond acceptors (Lipinski definition) is 2. The van der Waals surface area contributed by atoms with Crippen molar-refractivity contribution in [2.24, 2.45) is 11.1 Å². The normalized spacial score (nSPS) is 11.6. The molecule has 0 spiro atoms. The van der Waals surface area contributed by atoms with Gasteiger partial charge in [0.2, 0.25) is 0 Å². The SMILES string of the molecule is CCC(CC)(CN)C(=O)c1cc(F)ccc1Cl. The average molecular weight is 258 g/mol. The molecule has 1 aromatic carbocycles. The Labute approximate surface area is 106 Å². The van der Waals surface area contributed by atoms with Crippen LogP contribution < -0.4 is 5.73 Å². The standard InChI is InChI=1S/C13H17ClFNO/c1-3-13(4-2,8-16)12(17)10-7-9(15)5-6-11(10)14/h5-7H,3-4,8,16H2,1-2H3. The van der Waals surface area contributed by atoms with Crippen molar-refractivity contribution in [3.8, 4) is 0 Å². The van der Waals surface area contributed by atoms with Gasteiger partial charge >= 0.3 is 0 Å². The van der Waals surface area contributed by atoms with E-state index in [1.54, 1.807) is 0 Å². The zero-order valence-corrected chi connectivity index (χ0v) is 10.9. The highest BCUT2D eigenvalue weighted by molar-refractivity contribution is 6.34. The van der Waals surface area contributed by atoms with E-state index in [2.05, 4.69) is 0 Å². The molecule has 0 bridgehead atoms. The maximum atomic E-state index is 13.2. The summed E-state index contributed by atoms with van der Waals surface area (Å²) in [5.41, 5.74) is 5.28. The first-order valence-corrected chi connectivity index (χ1v) is 6.08. The fourth-order valence-electron chi connectivity index (χ4n) is 1.91. The van der Waals surface area contributed by atoms with Crippen molar-refractivity contribution < 1.29 is 9.18 Å². The number of ketones is 1. The lowest BCUT2D eigenvalue weighted by Gasteiger charge is -2.28. The maximum Gasteiger partial charge on any atom is 0.171 e. The molecule has 4 heteroatoms. The minimum atomic E-state index is -0.641. The van der Waals surface area contributed by atoms with Gasteiger partial charge in [0.05, 0.1) is 5.02 Å². The van der Waals surface area contributed by atoms with Crippen LogP contribution in [0.15, 0.2) is 18.2 Å². The number of carbonyl (C=O) groups is 1. The van der Waals surface area contributed by atoms with Crippen LogP contribution in [0.2, 0.25) is 5.02 Å². The molecule has 0 aliphatic rings. The molecule has 0 heterocycles. The van der Waals surface area contributed by atoms with Crippen molar-refractivity contribution in [2.75, 3.05) is 6.54 Å². The second-order valence-corrected chi connectivity index (χ2v) is 4.55. The van der Waals surface area contributed by atoms with Crippen molar-refractivity contribution in [2.45, 2.75) is 26.7 Å². The molecule has 2 N–H and O–H groups in total. The van der Waals surface area contributed by atoms with E-state index < -0.39 is 11.2 Å². The Kier molecular flexibility index (Phi) is 4.66. The van der Waals surface area contributed by atoms with E-state index in [1.807, 2.05) is 13.8 Å². The summed E-state index contributed by atoms with van der Waals surface area (Å²) in [6, 6.07) is 3.82. The molecule has 0 aliphatic heterocycles. The summed E-state index contributed by atoms with van der Waals surface area (Å²) < 4.78 is 13.2. The summed E-state index contributed by atoms with van der Waals surface area (Å²) in [6.45, 7) is 4.05. The van der Waals surface area contributed by atoms with E-state index in [-0.39, 0.29) is 22.9 Å². The van der Waals surface area contributed by atoms with Gasteiger partial charge in [-0.1, -0.05) is 25.4 Å². The van der Waals surface area contributed by atoms with Crippen LogP contribution in [0.1, 0.15) is 37.0 Å². The number of carbonyl (C=O) groups excluding carboxylic acids is 1. The third-order valence-corrected chi connectivity index (χ3v) is 3.73.